The second-order valence-corrected chi connectivity index (χ2v) is 13.2. The third-order valence-electron chi connectivity index (χ3n) is 10.0. The molecule has 0 aliphatic heterocycles. The number of fused-ring (bicyclic) bond motifs is 4. The lowest BCUT2D eigenvalue weighted by molar-refractivity contribution is 0.978. The molecule has 0 bridgehead atoms. The van der Waals surface area contributed by atoms with Crippen LogP contribution in [0, 0.1) is 0 Å². The van der Waals surface area contributed by atoms with Crippen molar-refractivity contribution in [2.75, 3.05) is 0 Å². The Bertz CT molecular complexity index is 2900. The first kappa shape index (κ1) is 30.6. The number of nitrogens with zero attached hydrogens (tertiary/aromatic N) is 4. The zero-order valence-electron chi connectivity index (χ0n) is 28.8. The van der Waals surface area contributed by atoms with Crippen LogP contribution in [0.4, 0.5) is 0 Å². The number of para-hydroxylation sites is 1. The summed E-state index contributed by atoms with van der Waals surface area (Å²) in [5, 5.41) is 8.67. The molecule has 0 spiro atoms. The van der Waals surface area contributed by atoms with Crippen LogP contribution < -0.4 is 0 Å². The van der Waals surface area contributed by atoms with E-state index in [0.717, 1.165) is 83.2 Å². The summed E-state index contributed by atoms with van der Waals surface area (Å²) in [6.45, 7) is 0. The van der Waals surface area contributed by atoms with Gasteiger partial charge in [-0.2, -0.15) is 5.10 Å². The van der Waals surface area contributed by atoms with Crippen LogP contribution in [0.2, 0.25) is 0 Å². The van der Waals surface area contributed by atoms with Crippen molar-refractivity contribution in [3.8, 4) is 67.4 Å². The van der Waals surface area contributed by atoms with Crippen molar-refractivity contribution in [1.82, 2.24) is 19.6 Å². The van der Waals surface area contributed by atoms with Crippen LogP contribution in [0.25, 0.3) is 94.6 Å². The summed E-state index contributed by atoms with van der Waals surface area (Å²) in [4.78, 5) is 10.8. The predicted octanol–water partition coefficient (Wildman–Crippen LogP) is 12.4. The van der Waals surface area contributed by atoms with Crippen molar-refractivity contribution in [3.05, 3.63) is 194 Å². The van der Waals surface area contributed by atoms with E-state index < -0.39 is 0 Å². The Morgan fingerprint density at radius 2 is 0.792 bits per heavy atom. The highest BCUT2D eigenvalue weighted by Gasteiger charge is 2.26. The van der Waals surface area contributed by atoms with Gasteiger partial charge in [0.25, 0.3) is 0 Å². The van der Waals surface area contributed by atoms with Crippen LogP contribution in [0.3, 0.4) is 0 Å². The van der Waals surface area contributed by atoms with Gasteiger partial charge in [0.15, 0.2) is 5.82 Å². The van der Waals surface area contributed by atoms with E-state index in [0.29, 0.717) is 5.82 Å². The van der Waals surface area contributed by atoms with E-state index in [4.69, 9.17) is 15.1 Å². The largest absolute Gasteiger partial charge is 0.230 e. The number of hydrogen-bond acceptors (Lipinski definition) is 3. The first-order valence-electron chi connectivity index (χ1n) is 17.9. The summed E-state index contributed by atoms with van der Waals surface area (Å²) < 4.78 is 2.14. The third kappa shape index (κ3) is 5.28. The first-order valence-corrected chi connectivity index (χ1v) is 17.9. The van der Waals surface area contributed by atoms with Crippen molar-refractivity contribution in [3.63, 3.8) is 0 Å². The monoisotopic (exact) mass is 676 g/mol. The van der Waals surface area contributed by atoms with Gasteiger partial charge in [0, 0.05) is 33.0 Å². The molecule has 0 saturated heterocycles. The molecule has 0 N–H and O–H groups in total. The van der Waals surface area contributed by atoms with Gasteiger partial charge >= 0.3 is 0 Å². The SMILES string of the molecule is c1ccc(-c2ccc(-c3nc(-c4c(-c5ccccc5)n5nc(-c6ccccc6)c(-c6ccccc6)c5c5ccccc45)nc4ccccc34)cc2)cc1. The molecule has 0 saturated carbocycles. The van der Waals surface area contributed by atoms with Crippen molar-refractivity contribution in [2.24, 2.45) is 0 Å². The van der Waals surface area contributed by atoms with Crippen LogP contribution in [0.15, 0.2) is 194 Å². The van der Waals surface area contributed by atoms with Crippen molar-refractivity contribution in [1.29, 1.82) is 0 Å². The summed E-state index contributed by atoms with van der Waals surface area (Å²) in [5.41, 5.74) is 13.3. The minimum absolute atomic E-state index is 0.654. The molecular weight excluding hydrogens is 645 g/mol. The zero-order valence-corrected chi connectivity index (χ0v) is 28.8. The highest BCUT2D eigenvalue weighted by Crippen LogP contribution is 2.45. The van der Waals surface area contributed by atoms with Crippen molar-refractivity contribution >= 4 is 27.2 Å². The highest BCUT2D eigenvalue weighted by molar-refractivity contribution is 6.14. The normalized spacial score (nSPS) is 11.4. The summed E-state index contributed by atoms with van der Waals surface area (Å²) in [6, 6.07) is 67.7. The molecule has 53 heavy (non-hydrogen) atoms. The predicted molar refractivity (Wildman–Crippen MR) is 218 cm³/mol. The Labute approximate surface area is 307 Å². The quantitative estimate of drug-likeness (QED) is 0.176. The molecule has 0 aliphatic carbocycles. The molecule has 7 aromatic carbocycles. The van der Waals surface area contributed by atoms with Gasteiger partial charge in [-0.05, 0) is 28.1 Å². The van der Waals surface area contributed by atoms with Crippen molar-refractivity contribution < 1.29 is 0 Å². The van der Waals surface area contributed by atoms with Gasteiger partial charge in [-0.3, -0.25) is 0 Å². The summed E-state index contributed by atoms with van der Waals surface area (Å²) in [6.07, 6.45) is 0. The smallest absolute Gasteiger partial charge is 0.163 e. The van der Waals surface area contributed by atoms with E-state index >= 15 is 0 Å². The second kappa shape index (κ2) is 12.9. The van der Waals surface area contributed by atoms with E-state index in [1.807, 2.05) is 18.2 Å². The average molecular weight is 677 g/mol. The molecule has 248 valence electrons. The maximum atomic E-state index is 5.51. The third-order valence-corrected chi connectivity index (χ3v) is 10.0. The number of pyridine rings is 1. The molecule has 0 atom stereocenters. The van der Waals surface area contributed by atoms with Crippen LogP contribution in [0.1, 0.15) is 0 Å². The zero-order chi connectivity index (χ0) is 35.1. The number of rotatable bonds is 6. The minimum atomic E-state index is 0.654. The molecule has 0 aliphatic rings. The highest BCUT2D eigenvalue weighted by atomic mass is 15.2. The standard InChI is InChI=1S/C49H32N4/c1-5-17-33(18-6-1)34-29-31-37(32-30-34)45-41-27-15-16-28-42(41)50-49(51-45)44-39-25-13-14-26-40(39)48-43(35-19-7-2-8-20-35)46(36-21-9-3-10-22-36)52-53(48)47(44)38-23-11-4-12-24-38/h1-32H. The second-order valence-electron chi connectivity index (χ2n) is 13.2. The Hall–Kier alpha value is -7.17. The van der Waals surface area contributed by atoms with E-state index in [1.165, 1.54) is 5.56 Å². The summed E-state index contributed by atoms with van der Waals surface area (Å²) in [7, 11) is 0. The lowest BCUT2D eigenvalue weighted by atomic mass is 9.93. The van der Waals surface area contributed by atoms with Gasteiger partial charge in [-0.1, -0.05) is 188 Å². The van der Waals surface area contributed by atoms with Crippen LogP contribution in [0.5, 0.6) is 0 Å². The Morgan fingerprint density at radius 3 is 1.45 bits per heavy atom. The van der Waals surface area contributed by atoms with Gasteiger partial charge < -0.3 is 0 Å². The topological polar surface area (TPSA) is 43.1 Å². The molecule has 3 heterocycles. The number of benzene rings is 7. The van der Waals surface area contributed by atoms with Gasteiger partial charge in [0.05, 0.1) is 28.0 Å². The Kier molecular flexibility index (Phi) is 7.43. The molecule has 0 fully saturated rings. The number of hydrogen-bond donors (Lipinski definition) is 0. The van der Waals surface area contributed by atoms with E-state index in [2.05, 4.69) is 180 Å². The molecule has 4 nitrogen and oxygen atoms in total. The molecule has 3 aromatic heterocycles. The van der Waals surface area contributed by atoms with Crippen LogP contribution in [-0.4, -0.2) is 19.6 Å². The van der Waals surface area contributed by atoms with Gasteiger partial charge in [-0.25, -0.2) is 14.5 Å². The van der Waals surface area contributed by atoms with Gasteiger partial charge in [-0.15, -0.1) is 0 Å². The molecular formula is C49H32N4. The number of aromatic nitrogens is 4. The molecule has 10 aromatic rings. The van der Waals surface area contributed by atoms with Gasteiger partial charge in [0.2, 0.25) is 0 Å². The van der Waals surface area contributed by atoms with Crippen LogP contribution >= 0.6 is 0 Å². The fourth-order valence-electron chi connectivity index (χ4n) is 7.59. The van der Waals surface area contributed by atoms with Gasteiger partial charge in [0.1, 0.15) is 5.69 Å². The van der Waals surface area contributed by atoms with Crippen molar-refractivity contribution in [2.45, 2.75) is 0 Å². The maximum Gasteiger partial charge on any atom is 0.163 e. The molecule has 0 amide bonds. The fourth-order valence-corrected chi connectivity index (χ4v) is 7.59. The molecule has 0 unspecified atom stereocenters. The minimum Gasteiger partial charge on any atom is -0.230 e. The fraction of sp³-hybridized carbons (Fsp3) is 0. The lowest BCUT2D eigenvalue weighted by Crippen LogP contribution is -2.03. The average Bonchev–Trinajstić information content (AvgIpc) is 3.65. The first-order chi connectivity index (χ1) is 26.3. The van der Waals surface area contributed by atoms with E-state index in [-0.39, 0.29) is 0 Å². The molecule has 0 radical (unpaired) electrons. The van der Waals surface area contributed by atoms with E-state index in [9.17, 15) is 0 Å². The Balaban J connectivity index is 1.32. The lowest BCUT2D eigenvalue weighted by Gasteiger charge is -2.18. The van der Waals surface area contributed by atoms with Crippen LogP contribution in [-0.2, 0) is 0 Å². The Morgan fingerprint density at radius 1 is 0.321 bits per heavy atom. The molecule has 4 heteroatoms. The molecule has 10 rings (SSSR count). The summed E-state index contributed by atoms with van der Waals surface area (Å²) >= 11 is 0. The van der Waals surface area contributed by atoms with E-state index in [1.54, 1.807) is 0 Å². The maximum absolute atomic E-state index is 5.51. The summed E-state index contributed by atoms with van der Waals surface area (Å²) in [5.74, 6) is 0.654.